The fraction of sp³-hybridized carbons (Fsp3) is 0.200. The zero-order valence-electron chi connectivity index (χ0n) is 11.9. The van der Waals surface area contributed by atoms with Gasteiger partial charge in [0.15, 0.2) is 5.82 Å². The molecule has 0 saturated carbocycles. The zero-order valence-corrected chi connectivity index (χ0v) is 11.9. The van der Waals surface area contributed by atoms with Crippen molar-refractivity contribution in [1.29, 1.82) is 5.26 Å². The number of amides is 2. The van der Waals surface area contributed by atoms with E-state index in [0.29, 0.717) is 22.7 Å². The summed E-state index contributed by atoms with van der Waals surface area (Å²) in [7, 11) is 0. The second-order valence-corrected chi connectivity index (χ2v) is 4.57. The molecule has 0 spiro atoms. The molecular formula is C15H14N4O3. The minimum Gasteiger partial charge on any atom is -0.360 e. The van der Waals surface area contributed by atoms with Gasteiger partial charge in [0.2, 0.25) is 5.91 Å². The van der Waals surface area contributed by atoms with E-state index in [4.69, 9.17) is 9.78 Å². The normalized spacial score (nSPS) is 9.82. The largest absolute Gasteiger partial charge is 0.360 e. The number of aromatic nitrogens is 1. The first-order chi connectivity index (χ1) is 10.6. The van der Waals surface area contributed by atoms with Crippen LogP contribution in [0.4, 0.5) is 5.82 Å². The highest BCUT2D eigenvalue weighted by molar-refractivity contribution is 5.95. The molecule has 0 saturated heterocycles. The molecule has 0 bridgehead atoms. The number of nitrogens with zero attached hydrogens (tertiary/aromatic N) is 2. The maximum atomic E-state index is 11.9. The molecule has 2 rings (SSSR count). The Balaban J connectivity index is 1.79. The van der Waals surface area contributed by atoms with Crippen LogP contribution in [0.3, 0.4) is 0 Å². The summed E-state index contributed by atoms with van der Waals surface area (Å²) in [6.45, 7) is 1.90. The molecule has 2 N–H and O–H groups in total. The summed E-state index contributed by atoms with van der Waals surface area (Å²) in [5.41, 5.74) is 0.790. The van der Waals surface area contributed by atoms with Crippen molar-refractivity contribution < 1.29 is 14.1 Å². The van der Waals surface area contributed by atoms with Crippen molar-refractivity contribution in [2.75, 3.05) is 11.9 Å². The molecule has 0 radical (unpaired) electrons. The number of carbonyl (C=O) groups excluding carboxylic acids is 2. The van der Waals surface area contributed by atoms with Crippen LogP contribution in [0.5, 0.6) is 0 Å². The molecule has 22 heavy (non-hydrogen) atoms. The molecule has 0 aliphatic rings. The molecule has 0 aliphatic heterocycles. The summed E-state index contributed by atoms with van der Waals surface area (Å²) in [6, 6.07) is 9.91. The van der Waals surface area contributed by atoms with Crippen LogP contribution in [-0.2, 0) is 4.79 Å². The molecule has 2 amide bonds. The van der Waals surface area contributed by atoms with Crippen LogP contribution in [-0.4, -0.2) is 23.5 Å². The Morgan fingerprint density at radius 2 is 2.18 bits per heavy atom. The van der Waals surface area contributed by atoms with Gasteiger partial charge in [-0.2, -0.15) is 5.26 Å². The number of carbonyl (C=O) groups is 2. The monoisotopic (exact) mass is 298 g/mol. The van der Waals surface area contributed by atoms with Gasteiger partial charge < -0.3 is 15.2 Å². The Bertz CT molecular complexity index is 730. The van der Waals surface area contributed by atoms with Crippen molar-refractivity contribution >= 4 is 17.6 Å². The predicted molar refractivity (Wildman–Crippen MR) is 78.0 cm³/mol. The lowest BCUT2D eigenvalue weighted by Gasteiger charge is -2.05. The summed E-state index contributed by atoms with van der Waals surface area (Å²) in [4.78, 5) is 23.5. The number of benzene rings is 1. The van der Waals surface area contributed by atoms with E-state index in [1.165, 1.54) is 6.07 Å². The van der Waals surface area contributed by atoms with Crippen molar-refractivity contribution in [3.63, 3.8) is 0 Å². The average molecular weight is 298 g/mol. The van der Waals surface area contributed by atoms with Gasteiger partial charge in [-0.3, -0.25) is 9.59 Å². The van der Waals surface area contributed by atoms with Crippen LogP contribution in [0.25, 0.3) is 0 Å². The summed E-state index contributed by atoms with van der Waals surface area (Å²) in [5, 5.41) is 17.6. The molecule has 0 fully saturated rings. The summed E-state index contributed by atoms with van der Waals surface area (Å²) in [6.07, 6.45) is 0.107. The van der Waals surface area contributed by atoms with Gasteiger partial charge in [-0.1, -0.05) is 11.2 Å². The van der Waals surface area contributed by atoms with Gasteiger partial charge in [0, 0.05) is 24.6 Å². The third-order valence-corrected chi connectivity index (χ3v) is 2.79. The molecule has 0 unspecified atom stereocenters. The van der Waals surface area contributed by atoms with Crippen LogP contribution in [0.1, 0.15) is 28.1 Å². The van der Waals surface area contributed by atoms with Crippen LogP contribution in [0, 0.1) is 18.3 Å². The van der Waals surface area contributed by atoms with E-state index in [9.17, 15) is 9.59 Å². The lowest BCUT2D eigenvalue weighted by molar-refractivity contribution is -0.116. The number of aryl methyl sites for hydroxylation is 1. The molecule has 1 heterocycles. The maximum Gasteiger partial charge on any atom is 0.251 e. The van der Waals surface area contributed by atoms with E-state index in [2.05, 4.69) is 15.8 Å². The molecule has 7 heteroatoms. The second-order valence-electron chi connectivity index (χ2n) is 4.57. The highest BCUT2D eigenvalue weighted by atomic mass is 16.5. The fourth-order valence-electron chi connectivity index (χ4n) is 1.75. The van der Waals surface area contributed by atoms with Crippen LogP contribution < -0.4 is 10.6 Å². The number of nitriles is 1. The molecule has 2 aromatic rings. The summed E-state index contributed by atoms with van der Waals surface area (Å²) in [5.74, 6) is 0.332. The third-order valence-electron chi connectivity index (χ3n) is 2.79. The van der Waals surface area contributed by atoms with Crippen molar-refractivity contribution in [2.24, 2.45) is 0 Å². The first kappa shape index (κ1) is 15.3. The number of rotatable bonds is 5. The smallest absolute Gasteiger partial charge is 0.251 e. The highest BCUT2D eigenvalue weighted by Crippen LogP contribution is 2.07. The number of hydrogen-bond donors (Lipinski definition) is 2. The molecular weight excluding hydrogens is 284 g/mol. The van der Waals surface area contributed by atoms with Gasteiger partial charge in [0.05, 0.1) is 11.6 Å². The Morgan fingerprint density at radius 3 is 2.86 bits per heavy atom. The van der Waals surface area contributed by atoms with E-state index >= 15 is 0 Å². The lowest BCUT2D eigenvalue weighted by atomic mass is 10.1. The summed E-state index contributed by atoms with van der Waals surface area (Å²) < 4.78 is 4.83. The number of anilines is 1. The Labute approximate surface area is 126 Å². The van der Waals surface area contributed by atoms with E-state index < -0.39 is 0 Å². The zero-order chi connectivity index (χ0) is 15.9. The van der Waals surface area contributed by atoms with Crippen molar-refractivity contribution in [3.05, 3.63) is 47.2 Å². The number of hydrogen-bond acceptors (Lipinski definition) is 5. The van der Waals surface area contributed by atoms with Gasteiger partial charge >= 0.3 is 0 Å². The van der Waals surface area contributed by atoms with E-state index in [1.807, 2.05) is 6.07 Å². The second kappa shape index (κ2) is 7.04. The Kier molecular flexibility index (Phi) is 4.88. The van der Waals surface area contributed by atoms with Crippen molar-refractivity contribution in [2.45, 2.75) is 13.3 Å². The molecule has 112 valence electrons. The van der Waals surface area contributed by atoms with Crippen LogP contribution in [0.15, 0.2) is 34.9 Å². The van der Waals surface area contributed by atoms with Crippen LogP contribution >= 0.6 is 0 Å². The minimum atomic E-state index is -0.331. The highest BCUT2D eigenvalue weighted by Gasteiger charge is 2.09. The lowest BCUT2D eigenvalue weighted by Crippen LogP contribution is -2.27. The average Bonchev–Trinajstić information content (AvgIpc) is 2.92. The van der Waals surface area contributed by atoms with Gasteiger partial charge in [-0.25, -0.2) is 0 Å². The summed E-state index contributed by atoms with van der Waals surface area (Å²) >= 11 is 0. The van der Waals surface area contributed by atoms with E-state index in [-0.39, 0.29) is 24.8 Å². The Hall–Kier alpha value is -3.14. The van der Waals surface area contributed by atoms with Crippen molar-refractivity contribution in [3.8, 4) is 6.07 Å². The molecule has 0 atom stereocenters. The third kappa shape index (κ3) is 4.18. The van der Waals surface area contributed by atoms with E-state index in [1.54, 1.807) is 31.2 Å². The topological polar surface area (TPSA) is 108 Å². The van der Waals surface area contributed by atoms with Crippen molar-refractivity contribution in [1.82, 2.24) is 10.5 Å². The maximum absolute atomic E-state index is 11.9. The van der Waals surface area contributed by atoms with E-state index in [0.717, 1.165) is 0 Å². The molecule has 7 nitrogen and oxygen atoms in total. The van der Waals surface area contributed by atoms with Gasteiger partial charge in [-0.05, 0) is 25.1 Å². The van der Waals surface area contributed by atoms with Gasteiger partial charge in [-0.15, -0.1) is 0 Å². The fourth-order valence-corrected chi connectivity index (χ4v) is 1.75. The first-order valence-electron chi connectivity index (χ1n) is 6.60. The van der Waals surface area contributed by atoms with Gasteiger partial charge in [0.1, 0.15) is 5.76 Å². The first-order valence-corrected chi connectivity index (χ1v) is 6.60. The molecule has 1 aromatic heterocycles. The molecule has 0 aliphatic carbocycles. The SMILES string of the molecule is Cc1cc(NC(=O)CCNC(=O)c2cccc(C#N)c2)no1. The molecule has 1 aromatic carbocycles. The number of nitrogens with one attached hydrogen (secondary N) is 2. The quantitative estimate of drug-likeness (QED) is 0.871. The van der Waals surface area contributed by atoms with Gasteiger partial charge in [0.25, 0.3) is 5.91 Å². The van der Waals surface area contributed by atoms with Crippen LogP contribution in [0.2, 0.25) is 0 Å². The Morgan fingerprint density at radius 1 is 1.36 bits per heavy atom. The standard InChI is InChI=1S/C15H14N4O3/c1-10-7-13(19-22-10)18-14(20)5-6-17-15(21)12-4-2-3-11(8-12)9-16/h2-4,7-8H,5-6H2,1H3,(H,17,21)(H,18,19,20). The minimum absolute atomic E-state index is 0.107. The predicted octanol–water partition coefficient (Wildman–Crippen LogP) is 1.61.